The predicted molar refractivity (Wildman–Crippen MR) is 349 cm³/mol. The van der Waals surface area contributed by atoms with E-state index in [-0.39, 0.29) is 31.5 Å². The number of phosphoric acid groups is 1. The van der Waals surface area contributed by atoms with E-state index in [9.17, 15) is 19.0 Å². The number of carbonyl (C=O) groups excluding carboxylic acids is 2. The summed E-state index contributed by atoms with van der Waals surface area (Å²) in [6, 6.07) is -0.887. The molecule has 0 saturated heterocycles. The lowest BCUT2D eigenvalue weighted by atomic mass is 10.0. The highest BCUT2D eigenvalue weighted by atomic mass is 31.2. The number of carbonyl (C=O) groups is 2. The van der Waals surface area contributed by atoms with E-state index in [0.717, 1.165) is 57.8 Å². The number of unbranched alkanes of at least 4 members (excludes halogenated alkanes) is 45. The van der Waals surface area contributed by atoms with Crippen molar-refractivity contribution in [3.63, 3.8) is 0 Å². The van der Waals surface area contributed by atoms with Crippen LogP contribution in [0.4, 0.5) is 0 Å². The second kappa shape index (κ2) is 61.3. The van der Waals surface area contributed by atoms with Gasteiger partial charge in [0.05, 0.1) is 33.8 Å². The standard InChI is InChI=1S/C71H137N2O7P/c1-7-10-13-16-19-22-25-28-30-32-34-36-38-40-42-45-48-51-54-57-60-63-70(74)72-68(67-79-81(76,77)78-66-65-73(4,5)6)69(62-59-56-53-50-47-44-27-24-21-18-15-12-9-3)80-71(75)64-61-58-55-52-49-46-43-41-39-37-35-33-31-29-26-23-20-17-14-11-8-2/h28-31,59,62,68-69H,7-27,32-58,60-61,63-67H2,1-6H3,(H-,72,74,76,77)/b30-28+,31-29+,62-59+. The van der Waals surface area contributed by atoms with Gasteiger partial charge < -0.3 is 28.5 Å². The molecule has 3 unspecified atom stereocenters. The van der Waals surface area contributed by atoms with E-state index >= 15 is 0 Å². The molecule has 0 aromatic heterocycles. The summed E-state index contributed by atoms with van der Waals surface area (Å²) < 4.78 is 30.5. The van der Waals surface area contributed by atoms with Gasteiger partial charge in [-0.05, 0) is 83.1 Å². The first-order valence-electron chi connectivity index (χ1n) is 35.3. The SMILES string of the molecule is CCCCCCCC/C=C/CCCCCCCCCCCCCC(=O)NC(COP(=O)([O-])OCC[N+](C)(C)C)C(/C=C/CCCCCCCCCCCCC)OC(=O)CCCCCCCCCCCCC/C=C/CCCCCCCC. The van der Waals surface area contributed by atoms with Crippen LogP contribution in [0.2, 0.25) is 0 Å². The molecule has 0 rings (SSSR count). The number of phosphoric ester groups is 1. The molecule has 0 aliphatic rings. The first kappa shape index (κ1) is 79.2. The van der Waals surface area contributed by atoms with Crippen LogP contribution in [0.1, 0.15) is 355 Å². The number of nitrogens with one attached hydrogen (secondary N) is 1. The Labute approximate surface area is 504 Å². The summed E-state index contributed by atoms with van der Waals surface area (Å²) in [6.07, 6.45) is 75.4. The number of rotatable bonds is 65. The molecule has 1 amide bonds. The lowest BCUT2D eigenvalue weighted by Crippen LogP contribution is -2.47. The number of esters is 1. The predicted octanol–water partition coefficient (Wildman–Crippen LogP) is 21.6. The summed E-state index contributed by atoms with van der Waals surface area (Å²) in [5.74, 6) is -0.525. The third-order valence-electron chi connectivity index (χ3n) is 16.0. The molecular formula is C71H137N2O7P. The highest BCUT2D eigenvalue weighted by Crippen LogP contribution is 2.38. The van der Waals surface area contributed by atoms with Gasteiger partial charge in [0.1, 0.15) is 19.3 Å². The maximum absolute atomic E-state index is 13.6. The fourth-order valence-corrected chi connectivity index (χ4v) is 11.3. The fraction of sp³-hybridized carbons (Fsp3) is 0.887. The van der Waals surface area contributed by atoms with E-state index in [4.69, 9.17) is 13.8 Å². The summed E-state index contributed by atoms with van der Waals surface area (Å²) in [5.41, 5.74) is 0. The van der Waals surface area contributed by atoms with Crippen molar-refractivity contribution >= 4 is 19.7 Å². The Balaban J connectivity index is 5.12. The third-order valence-corrected chi connectivity index (χ3v) is 17.0. The molecule has 0 saturated carbocycles. The molecule has 0 aliphatic heterocycles. The normalized spacial score (nSPS) is 13.7. The molecule has 0 spiro atoms. The van der Waals surface area contributed by atoms with Crippen LogP contribution in [0.25, 0.3) is 0 Å². The van der Waals surface area contributed by atoms with Gasteiger partial charge in [0.15, 0.2) is 0 Å². The zero-order valence-electron chi connectivity index (χ0n) is 54.8. The van der Waals surface area contributed by atoms with Gasteiger partial charge in [-0.15, -0.1) is 0 Å². The number of amides is 1. The van der Waals surface area contributed by atoms with Crippen LogP contribution >= 0.6 is 7.82 Å². The Morgan fingerprint density at radius 3 is 1.05 bits per heavy atom. The van der Waals surface area contributed by atoms with Gasteiger partial charge in [-0.1, -0.05) is 295 Å². The monoisotopic (exact) mass is 1160 g/mol. The summed E-state index contributed by atoms with van der Waals surface area (Å²) in [4.78, 5) is 40.2. The maximum atomic E-state index is 13.6. The average molecular weight is 1160 g/mol. The lowest BCUT2D eigenvalue weighted by Gasteiger charge is -2.30. The van der Waals surface area contributed by atoms with Crippen molar-refractivity contribution in [3.8, 4) is 0 Å². The Kier molecular flexibility index (Phi) is 60.0. The van der Waals surface area contributed by atoms with Crippen LogP contribution < -0.4 is 10.2 Å². The molecule has 0 aliphatic carbocycles. The van der Waals surface area contributed by atoms with Gasteiger partial charge >= 0.3 is 5.97 Å². The number of hydrogen-bond acceptors (Lipinski definition) is 7. The molecule has 0 radical (unpaired) electrons. The van der Waals surface area contributed by atoms with Crippen molar-refractivity contribution < 1.29 is 37.3 Å². The van der Waals surface area contributed by atoms with Gasteiger partial charge in [-0.2, -0.15) is 0 Å². The van der Waals surface area contributed by atoms with E-state index < -0.39 is 20.0 Å². The maximum Gasteiger partial charge on any atom is 0.306 e. The van der Waals surface area contributed by atoms with E-state index in [1.165, 1.54) is 263 Å². The zero-order valence-corrected chi connectivity index (χ0v) is 55.7. The number of ether oxygens (including phenoxy) is 1. The van der Waals surface area contributed by atoms with Crippen LogP contribution in [-0.4, -0.2) is 69.4 Å². The quantitative estimate of drug-likeness (QED) is 0.0212. The molecule has 81 heavy (non-hydrogen) atoms. The number of quaternary nitrogens is 1. The molecule has 0 aromatic carbocycles. The fourth-order valence-electron chi connectivity index (χ4n) is 10.6. The van der Waals surface area contributed by atoms with E-state index in [1.54, 1.807) is 0 Å². The van der Waals surface area contributed by atoms with Gasteiger partial charge in [-0.3, -0.25) is 14.2 Å². The highest BCUT2D eigenvalue weighted by Gasteiger charge is 2.27. The molecule has 478 valence electrons. The van der Waals surface area contributed by atoms with Crippen molar-refractivity contribution in [1.82, 2.24) is 5.32 Å². The zero-order chi connectivity index (χ0) is 59.3. The molecule has 10 heteroatoms. The summed E-state index contributed by atoms with van der Waals surface area (Å²) in [5, 5.41) is 3.05. The molecule has 3 atom stereocenters. The summed E-state index contributed by atoms with van der Waals surface area (Å²) in [7, 11) is 1.20. The van der Waals surface area contributed by atoms with E-state index in [0.29, 0.717) is 17.4 Å². The Bertz CT molecular complexity index is 1480. The molecule has 0 fully saturated rings. The van der Waals surface area contributed by atoms with Crippen molar-refractivity contribution in [2.75, 3.05) is 40.9 Å². The van der Waals surface area contributed by atoms with Crippen molar-refractivity contribution in [2.24, 2.45) is 0 Å². The first-order chi connectivity index (χ1) is 39.4. The van der Waals surface area contributed by atoms with Crippen molar-refractivity contribution in [1.29, 1.82) is 0 Å². The molecule has 0 heterocycles. The van der Waals surface area contributed by atoms with Crippen LogP contribution in [0, 0.1) is 0 Å². The van der Waals surface area contributed by atoms with Crippen molar-refractivity contribution in [3.05, 3.63) is 36.5 Å². The van der Waals surface area contributed by atoms with Gasteiger partial charge in [0.25, 0.3) is 7.82 Å². The Hall–Kier alpha value is -1.77. The van der Waals surface area contributed by atoms with Crippen LogP contribution in [0.5, 0.6) is 0 Å². The third kappa shape index (κ3) is 62.6. The Morgan fingerprint density at radius 1 is 0.420 bits per heavy atom. The second-order valence-electron chi connectivity index (χ2n) is 25.4. The van der Waals surface area contributed by atoms with Gasteiger partial charge in [-0.25, -0.2) is 0 Å². The van der Waals surface area contributed by atoms with Gasteiger partial charge in [0.2, 0.25) is 5.91 Å². The molecule has 9 nitrogen and oxygen atoms in total. The van der Waals surface area contributed by atoms with E-state index in [2.05, 4.69) is 50.4 Å². The molecular weight excluding hydrogens is 1020 g/mol. The average Bonchev–Trinajstić information content (AvgIpc) is 3.44. The number of nitrogens with zero attached hydrogens (tertiary/aromatic N) is 1. The molecule has 0 aromatic rings. The van der Waals surface area contributed by atoms with Gasteiger partial charge in [0, 0.05) is 12.8 Å². The Morgan fingerprint density at radius 2 is 0.716 bits per heavy atom. The lowest BCUT2D eigenvalue weighted by molar-refractivity contribution is -0.870. The smallest absolute Gasteiger partial charge is 0.306 e. The van der Waals surface area contributed by atoms with Crippen LogP contribution in [0.3, 0.4) is 0 Å². The number of allylic oxidation sites excluding steroid dienone is 5. The highest BCUT2D eigenvalue weighted by molar-refractivity contribution is 7.45. The summed E-state index contributed by atoms with van der Waals surface area (Å²) in [6.45, 7) is 6.89. The minimum atomic E-state index is -4.70. The second-order valence-corrected chi connectivity index (χ2v) is 26.8. The minimum Gasteiger partial charge on any atom is -0.756 e. The van der Waals surface area contributed by atoms with E-state index in [1.807, 2.05) is 33.3 Å². The molecule has 0 bridgehead atoms. The number of likely N-dealkylation sites (N-methyl/N-ethyl adjacent to an activating group) is 1. The largest absolute Gasteiger partial charge is 0.756 e. The topological polar surface area (TPSA) is 114 Å². The van der Waals surface area contributed by atoms with Crippen molar-refractivity contribution in [2.45, 2.75) is 367 Å². The molecule has 1 N–H and O–H groups in total. The summed E-state index contributed by atoms with van der Waals surface area (Å²) >= 11 is 0. The minimum absolute atomic E-state index is 0.0201. The first-order valence-corrected chi connectivity index (χ1v) is 36.8. The van der Waals surface area contributed by atoms with Crippen LogP contribution in [-0.2, 0) is 27.9 Å². The number of hydrogen-bond donors (Lipinski definition) is 1. The van der Waals surface area contributed by atoms with Crippen LogP contribution in [0.15, 0.2) is 36.5 Å².